The number of hydrogen-bond acceptors (Lipinski definition) is 2. The molecule has 0 saturated heterocycles. The van der Waals surface area contributed by atoms with Gasteiger partial charge in [0, 0.05) is 5.56 Å². The highest BCUT2D eigenvalue weighted by Crippen LogP contribution is 2.24. The predicted octanol–water partition coefficient (Wildman–Crippen LogP) is 4.15. The van der Waals surface area contributed by atoms with Crippen LogP contribution in [0, 0.1) is 18.6 Å². The standard InChI is InChI=1S/C19H17F2N3O/c1-11-9-13(7-8-16(11)20)12(2)23-19(25)15-10-22-24-18(15)14-5-3-4-6-17(14)21/h3-10,12H,1-2H3,(H,22,24)(H,23,25). The fraction of sp³-hybridized carbons (Fsp3) is 0.158. The van der Waals surface area contributed by atoms with Gasteiger partial charge >= 0.3 is 0 Å². The summed E-state index contributed by atoms with van der Waals surface area (Å²) in [5.74, 6) is -1.12. The van der Waals surface area contributed by atoms with Gasteiger partial charge in [-0.15, -0.1) is 0 Å². The molecule has 0 bridgehead atoms. The number of nitrogens with one attached hydrogen (secondary N) is 2. The average molecular weight is 341 g/mol. The zero-order valence-corrected chi connectivity index (χ0v) is 13.8. The molecule has 6 heteroatoms. The minimum atomic E-state index is -0.442. The first-order chi connectivity index (χ1) is 12.0. The van der Waals surface area contributed by atoms with Gasteiger partial charge in [-0.25, -0.2) is 8.78 Å². The molecule has 128 valence electrons. The van der Waals surface area contributed by atoms with Crippen molar-refractivity contribution in [2.75, 3.05) is 0 Å². The third-order valence-electron chi connectivity index (χ3n) is 4.06. The number of hydrogen-bond donors (Lipinski definition) is 2. The number of amides is 1. The second-order valence-electron chi connectivity index (χ2n) is 5.84. The van der Waals surface area contributed by atoms with Gasteiger partial charge in [0.05, 0.1) is 23.5 Å². The van der Waals surface area contributed by atoms with E-state index >= 15 is 0 Å². The monoisotopic (exact) mass is 341 g/mol. The molecule has 25 heavy (non-hydrogen) atoms. The lowest BCUT2D eigenvalue weighted by atomic mass is 10.0. The topological polar surface area (TPSA) is 57.8 Å². The Hall–Kier alpha value is -3.02. The third kappa shape index (κ3) is 3.42. The van der Waals surface area contributed by atoms with Gasteiger partial charge in [0.25, 0.3) is 5.91 Å². The van der Waals surface area contributed by atoms with Crippen LogP contribution >= 0.6 is 0 Å². The molecule has 3 aromatic rings. The van der Waals surface area contributed by atoms with E-state index in [0.29, 0.717) is 11.3 Å². The van der Waals surface area contributed by atoms with Crippen LogP contribution in [-0.2, 0) is 0 Å². The third-order valence-corrected chi connectivity index (χ3v) is 4.06. The number of H-pyrrole nitrogens is 1. The Balaban J connectivity index is 1.84. The maximum atomic E-state index is 14.0. The summed E-state index contributed by atoms with van der Waals surface area (Å²) in [6.45, 7) is 3.47. The molecular formula is C19H17F2N3O. The maximum absolute atomic E-state index is 14.0. The van der Waals surface area contributed by atoms with E-state index in [4.69, 9.17) is 0 Å². The van der Waals surface area contributed by atoms with Crippen LogP contribution in [0.3, 0.4) is 0 Å². The molecule has 1 heterocycles. The van der Waals surface area contributed by atoms with Crippen LogP contribution in [0.4, 0.5) is 8.78 Å². The van der Waals surface area contributed by atoms with Gasteiger partial charge in [-0.2, -0.15) is 5.10 Å². The molecular weight excluding hydrogens is 324 g/mol. The number of carbonyl (C=O) groups is 1. The van der Waals surface area contributed by atoms with Gasteiger partial charge in [-0.1, -0.05) is 24.3 Å². The molecule has 3 rings (SSSR count). The van der Waals surface area contributed by atoms with Crippen molar-refractivity contribution in [3.8, 4) is 11.3 Å². The predicted molar refractivity (Wildman–Crippen MR) is 91.0 cm³/mol. The number of aryl methyl sites for hydroxylation is 1. The second-order valence-corrected chi connectivity index (χ2v) is 5.84. The van der Waals surface area contributed by atoms with E-state index in [-0.39, 0.29) is 28.9 Å². The van der Waals surface area contributed by atoms with Gasteiger partial charge in [0.1, 0.15) is 11.6 Å². The molecule has 0 spiro atoms. The summed E-state index contributed by atoms with van der Waals surface area (Å²) in [6.07, 6.45) is 1.36. The molecule has 2 N–H and O–H groups in total. The fourth-order valence-electron chi connectivity index (χ4n) is 2.62. The van der Waals surface area contributed by atoms with Crippen LogP contribution < -0.4 is 5.32 Å². The average Bonchev–Trinajstić information content (AvgIpc) is 3.07. The number of carbonyl (C=O) groups excluding carboxylic acids is 1. The summed E-state index contributed by atoms with van der Waals surface area (Å²) >= 11 is 0. The van der Waals surface area contributed by atoms with E-state index in [2.05, 4.69) is 15.5 Å². The summed E-state index contributed by atoms with van der Waals surface area (Å²) < 4.78 is 27.4. The summed E-state index contributed by atoms with van der Waals surface area (Å²) in [7, 11) is 0. The van der Waals surface area contributed by atoms with Crippen molar-refractivity contribution in [3.05, 3.63) is 77.0 Å². The number of rotatable bonds is 4. The van der Waals surface area contributed by atoms with Crippen LogP contribution in [0.2, 0.25) is 0 Å². The van der Waals surface area contributed by atoms with Crippen molar-refractivity contribution in [1.29, 1.82) is 0 Å². The van der Waals surface area contributed by atoms with Crippen molar-refractivity contribution < 1.29 is 13.6 Å². The smallest absolute Gasteiger partial charge is 0.255 e. The van der Waals surface area contributed by atoms with Crippen LogP contribution in [0.1, 0.15) is 34.5 Å². The normalized spacial score (nSPS) is 12.0. The number of halogens is 2. The van der Waals surface area contributed by atoms with Crippen molar-refractivity contribution in [2.45, 2.75) is 19.9 Å². The highest BCUT2D eigenvalue weighted by molar-refractivity contribution is 6.00. The number of aromatic nitrogens is 2. The van der Waals surface area contributed by atoms with Crippen LogP contribution in [-0.4, -0.2) is 16.1 Å². The highest BCUT2D eigenvalue weighted by atomic mass is 19.1. The first-order valence-corrected chi connectivity index (χ1v) is 7.82. The van der Waals surface area contributed by atoms with Crippen molar-refractivity contribution in [3.63, 3.8) is 0 Å². The quantitative estimate of drug-likeness (QED) is 0.749. The molecule has 0 saturated carbocycles. The van der Waals surface area contributed by atoms with Crippen molar-refractivity contribution in [1.82, 2.24) is 15.5 Å². The summed E-state index contributed by atoms with van der Waals surface area (Å²) in [6, 6.07) is 10.5. The highest BCUT2D eigenvalue weighted by Gasteiger charge is 2.19. The number of benzene rings is 2. The molecule has 0 radical (unpaired) electrons. The first kappa shape index (κ1) is 16.8. The molecule has 1 aromatic heterocycles. The Morgan fingerprint density at radius 1 is 1.16 bits per heavy atom. The lowest BCUT2D eigenvalue weighted by Gasteiger charge is -2.15. The van der Waals surface area contributed by atoms with Gasteiger partial charge in [0.15, 0.2) is 0 Å². The van der Waals surface area contributed by atoms with Gasteiger partial charge in [-0.3, -0.25) is 9.89 Å². The summed E-state index contributed by atoms with van der Waals surface area (Å²) in [5.41, 5.74) is 2.13. The molecule has 0 aliphatic rings. The van der Waals surface area contributed by atoms with Crippen LogP contribution in [0.25, 0.3) is 11.3 Å². The fourth-order valence-corrected chi connectivity index (χ4v) is 2.62. The van der Waals surface area contributed by atoms with E-state index in [9.17, 15) is 13.6 Å². The Morgan fingerprint density at radius 2 is 1.92 bits per heavy atom. The van der Waals surface area contributed by atoms with Crippen LogP contribution in [0.5, 0.6) is 0 Å². The maximum Gasteiger partial charge on any atom is 0.255 e. The van der Waals surface area contributed by atoms with Crippen molar-refractivity contribution >= 4 is 5.91 Å². The van der Waals surface area contributed by atoms with Gasteiger partial charge in [0.2, 0.25) is 0 Å². The molecule has 0 aliphatic heterocycles. The molecule has 2 aromatic carbocycles. The SMILES string of the molecule is Cc1cc(C(C)NC(=O)c2cn[nH]c2-c2ccccc2F)ccc1F. The molecule has 1 unspecified atom stereocenters. The van der Waals surface area contributed by atoms with Crippen molar-refractivity contribution in [2.24, 2.45) is 0 Å². The molecule has 4 nitrogen and oxygen atoms in total. The Bertz CT molecular complexity index is 921. The summed E-state index contributed by atoms with van der Waals surface area (Å²) in [5, 5.41) is 9.37. The Labute approximate surface area is 143 Å². The van der Waals surface area contributed by atoms with Crippen LogP contribution in [0.15, 0.2) is 48.7 Å². The van der Waals surface area contributed by atoms with Gasteiger partial charge in [-0.05, 0) is 43.2 Å². The Kier molecular flexibility index (Phi) is 4.61. The zero-order chi connectivity index (χ0) is 18.0. The van der Waals surface area contributed by atoms with E-state index in [1.165, 1.54) is 18.3 Å². The van der Waals surface area contributed by atoms with E-state index in [1.807, 2.05) is 0 Å². The lowest BCUT2D eigenvalue weighted by molar-refractivity contribution is 0.0940. The van der Waals surface area contributed by atoms with E-state index in [0.717, 1.165) is 5.56 Å². The lowest BCUT2D eigenvalue weighted by Crippen LogP contribution is -2.27. The van der Waals surface area contributed by atoms with E-state index < -0.39 is 5.82 Å². The first-order valence-electron chi connectivity index (χ1n) is 7.82. The Morgan fingerprint density at radius 3 is 2.64 bits per heavy atom. The summed E-state index contributed by atoms with van der Waals surface area (Å²) in [4.78, 5) is 12.6. The second kappa shape index (κ2) is 6.84. The minimum absolute atomic E-state index is 0.246. The molecule has 0 aliphatic carbocycles. The molecule has 1 amide bonds. The number of nitrogens with zero attached hydrogens (tertiary/aromatic N) is 1. The molecule has 0 fully saturated rings. The van der Waals surface area contributed by atoms with E-state index in [1.54, 1.807) is 44.2 Å². The number of aromatic amines is 1. The minimum Gasteiger partial charge on any atom is -0.345 e. The zero-order valence-electron chi connectivity index (χ0n) is 13.8. The molecule has 1 atom stereocenters. The van der Waals surface area contributed by atoms with Gasteiger partial charge < -0.3 is 5.32 Å². The largest absolute Gasteiger partial charge is 0.345 e.